The minimum atomic E-state index is -3.58. The van der Waals surface area contributed by atoms with Crippen LogP contribution in [0.3, 0.4) is 0 Å². The van der Waals surface area contributed by atoms with Crippen LogP contribution in [0.1, 0.15) is 12.5 Å². The van der Waals surface area contributed by atoms with Crippen molar-refractivity contribution in [2.24, 2.45) is 0 Å². The molecule has 0 bridgehead atoms. The molecular formula is C16H16AsNO3S. The standard InChI is InChI=1S/C16H16AsNO3S/c1-12(19)18-14-3-2-4-16(11-14)22(20,21)15-7-5-13(6-8-15)9-10-17/h2-8,11H,9-10H2,1H3,(H,18,19). The Morgan fingerprint density at radius 3 is 2.36 bits per heavy atom. The topological polar surface area (TPSA) is 63.2 Å². The van der Waals surface area contributed by atoms with Gasteiger partial charge in [-0.3, -0.25) is 4.79 Å². The van der Waals surface area contributed by atoms with Gasteiger partial charge in [-0.25, -0.2) is 0 Å². The first-order chi connectivity index (χ1) is 10.4. The van der Waals surface area contributed by atoms with Crippen molar-refractivity contribution < 1.29 is 13.2 Å². The van der Waals surface area contributed by atoms with Gasteiger partial charge in [-0.2, -0.15) is 0 Å². The van der Waals surface area contributed by atoms with Crippen molar-refractivity contribution in [3.05, 3.63) is 54.1 Å². The van der Waals surface area contributed by atoms with E-state index in [2.05, 4.69) is 22.2 Å². The second kappa shape index (κ2) is 7.12. The Morgan fingerprint density at radius 1 is 1.09 bits per heavy atom. The molecule has 4 nitrogen and oxygen atoms in total. The van der Waals surface area contributed by atoms with Gasteiger partial charge in [-0.1, -0.05) is 0 Å². The summed E-state index contributed by atoms with van der Waals surface area (Å²) in [5, 5.41) is 3.55. The van der Waals surface area contributed by atoms with E-state index in [1.165, 1.54) is 19.1 Å². The van der Waals surface area contributed by atoms with Crippen LogP contribution < -0.4 is 5.32 Å². The number of carbonyl (C=O) groups is 1. The van der Waals surface area contributed by atoms with E-state index < -0.39 is 9.84 Å². The van der Waals surface area contributed by atoms with Gasteiger partial charge in [0.1, 0.15) is 0 Å². The van der Waals surface area contributed by atoms with Crippen molar-refractivity contribution in [2.75, 3.05) is 5.32 Å². The van der Waals surface area contributed by atoms with E-state index in [0.29, 0.717) is 5.69 Å². The summed E-state index contributed by atoms with van der Waals surface area (Å²) >= 11 is 2.51. The number of amides is 1. The molecule has 2 aromatic carbocycles. The molecule has 1 amide bonds. The van der Waals surface area contributed by atoms with Gasteiger partial charge in [0.25, 0.3) is 0 Å². The maximum atomic E-state index is 12.6. The second-order valence-corrected chi connectivity index (χ2v) is 7.72. The maximum absolute atomic E-state index is 12.6. The Bertz CT molecular complexity index is 770. The quantitative estimate of drug-likeness (QED) is 0.815. The molecule has 22 heavy (non-hydrogen) atoms. The third-order valence-corrected chi connectivity index (χ3v) is 5.34. The van der Waals surface area contributed by atoms with E-state index in [9.17, 15) is 13.2 Å². The molecule has 0 fully saturated rings. The van der Waals surface area contributed by atoms with Crippen LogP contribution in [0.25, 0.3) is 0 Å². The molecule has 0 spiro atoms. The molecule has 114 valence electrons. The van der Waals surface area contributed by atoms with Crippen molar-refractivity contribution in [1.29, 1.82) is 0 Å². The number of aryl methyl sites for hydroxylation is 1. The van der Waals surface area contributed by atoms with Crippen molar-refractivity contribution >= 4 is 38.3 Å². The second-order valence-electron chi connectivity index (χ2n) is 4.83. The van der Waals surface area contributed by atoms with Crippen LogP contribution in [0.15, 0.2) is 58.3 Å². The Balaban J connectivity index is 2.35. The minimum absolute atomic E-state index is 0.165. The van der Waals surface area contributed by atoms with Gasteiger partial charge in [0.05, 0.1) is 0 Å². The van der Waals surface area contributed by atoms with Crippen LogP contribution in [-0.4, -0.2) is 31.2 Å². The Kier molecular flexibility index (Phi) is 5.43. The van der Waals surface area contributed by atoms with E-state index in [1.807, 2.05) is 12.1 Å². The van der Waals surface area contributed by atoms with Gasteiger partial charge in [-0.15, -0.1) is 0 Å². The number of hydrogen-bond acceptors (Lipinski definition) is 3. The Hall–Kier alpha value is -1.58. The summed E-state index contributed by atoms with van der Waals surface area (Å²) in [6, 6.07) is 13.2. The molecule has 0 heterocycles. The predicted octanol–water partition coefficient (Wildman–Crippen LogP) is 2.61. The summed E-state index contributed by atoms with van der Waals surface area (Å²) in [5.41, 5.74) is 1.57. The third-order valence-electron chi connectivity index (χ3n) is 3.10. The van der Waals surface area contributed by atoms with E-state index in [0.717, 1.165) is 17.2 Å². The average Bonchev–Trinajstić information content (AvgIpc) is 2.48. The fourth-order valence-electron chi connectivity index (χ4n) is 2.04. The summed E-state index contributed by atoms with van der Waals surface area (Å²) in [7, 11) is -3.58. The van der Waals surface area contributed by atoms with Crippen LogP contribution in [0.5, 0.6) is 0 Å². The fraction of sp³-hybridized carbons (Fsp3) is 0.188. The van der Waals surface area contributed by atoms with E-state index in [1.54, 1.807) is 24.3 Å². The number of rotatable bonds is 5. The molecule has 0 aliphatic carbocycles. The van der Waals surface area contributed by atoms with Crippen LogP contribution in [-0.2, 0) is 21.1 Å². The SMILES string of the molecule is CC(=O)Nc1cccc(S(=O)(=O)c2ccc(CC[As])cc2)c1. The van der Waals surface area contributed by atoms with Crippen LogP contribution >= 0.6 is 0 Å². The summed E-state index contributed by atoms with van der Waals surface area (Å²) in [5.74, 6) is -0.239. The fourth-order valence-corrected chi connectivity index (χ4v) is 3.89. The van der Waals surface area contributed by atoms with Gasteiger partial charge >= 0.3 is 128 Å². The number of hydrogen-bond donors (Lipinski definition) is 1. The molecule has 0 unspecified atom stereocenters. The summed E-state index contributed by atoms with van der Waals surface area (Å²) in [6.07, 6.45) is 0.901. The van der Waals surface area contributed by atoms with Gasteiger partial charge in [0, 0.05) is 6.92 Å². The number of anilines is 1. The molecule has 2 rings (SSSR count). The van der Waals surface area contributed by atoms with Crippen molar-refractivity contribution in [1.82, 2.24) is 0 Å². The van der Waals surface area contributed by atoms with E-state index >= 15 is 0 Å². The molecule has 0 atom stereocenters. The predicted molar refractivity (Wildman–Crippen MR) is 86.9 cm³/mol. The first-order valence-electron chi connectivity index (χ1n) is 6.76. The van der Waals surface area contributed by atoms with E-state index in [-0.39, 0.29) is 15.7 Å². The molecule has 2 radical (unpaired) electrons. The van der Waals surface area contributed by atoms with Gasteiger partial charge in [-0.05, 0) is 0 Å². The number of nitrogens with one attached hydrogen (secondary N) is 1. The molecule has 1 N–H and O–H groups in total. The summed E-state index contributed by atoms with van der Waals surface area (Å²) < 4.78 is 25.3. The van der Waals surface area contributed by atoms with Crippen LogP contribution in [0.4, 0.5) is 5.69 Å². The van der Waals surface area contributed by atoms with Crippen LogP contribution in [0, 0.1) is 0 Å². The number of carbonyl (C=O) groups excluding carboxylic acids is 1. The van der Waals surface area contributed by atoms with Crippen molar-refractivity contribution in [2.45, 2.75) is 28.3 Å². The third kappa shape index (κ3) is 3.99. The van der Waals surface area contributed by atoms with Gasteiger partial charge < -0.3 is 0 Å². The molecule has 0 saturated heterocycles. The molecule has 2 aromatic rings. The molecule has 0 aliphatic heterocycles. The van der Waals surface area contributed by atoms with Gasteiger partial charge in [0.15, 0.2) is 0 Å². The van der Waals surface area contributed by atoms with E-state index in [4.69, 9.17) is 0 Å². The zero-order valence-electron chi connectivity index (χ0n) is 12.1. The average molecular weight is 377 g/mol. The first-order valence-corrected chi connectivity index (χ1v) is 9.57. The zero-order valence-corrected chi connectivity index (χ0v) is 14.8. The van der Waals surface area contributed by atoms with Gasteiger partial charge in [0.2, 0.25) is 0 Å². The Labute approximate surface area is 139 Å². The number of sulfone groups is 1. The molecule has 0 aliphatic rings. The Morgan fingerprint density at radius 2 is 1.77 bits per heavy atom. The molecule has 0 aromatic heterocycles. The molecule has 0 saturated carbocycles. The number of benzene rings is 2. The monoisotopic (exact) mass is 377 g/mol. The van der Waals surface area contributed by atoms with Crippen LogP contribution in [0.2, 0.25) is 5.21 Å². The summed E-state index contributed by atoms with van der Waals surface area (Å²) in [4.78, 5) is 11.5. The first kappa shape index (κ1) is 16.8. The molecular weight excluding hydrogens is 361 g/mol. The normalized spacial score (nSPS) is 11.2. The van der Waals surface area contributed by atoms with Crippen molar-refractivity contribution in [3.8, 4) is 0 Å². The van der Waals surface area contributed by atoms with Crippen molar-refractivity contribution in [3.63, 3.8) is 0 Å². The zero-order chi connectivity index (χ0) is 16.2. The molecule has 6 heteroatoms. The summed E-state index contributed by atoms with van der Waals surface area (Å²) in [6.45, 7) is 1.38.